The van der Waals surface area contributed by atoms with Crippen molar-refractivity contribution in [1.29, 1.82) is 0 Å². The molecule has 29 heavy (non-hydrogen) atoms. The molecule has 150 valence electrons. The first kappa shape index (κ1) is 19.4. The first-order valence-corrected chi connectivity index (χ1v) is 10.4. The quantitative estimate of drug-likeness (QED) is 0.716. The van der Waals surface area contributed by atoms with Crippen molar-refractivity contribution in [2.45, 2.75) is 47.0 Å². The SMILES string of the molecule is Cc1ccc(C)c(N2C(=O)C(c3ccc(C)c(C)c3)=C(N3CCCCC3)C2=O)c1. The number of aryl methyl sites for hydroxylation is 4. The number of hydrogen-bond donors (Lipinski definition) is 0. The van der Waals surface area contributed by atoms with Crippen LogP contribution >= 0.6 is 0 Å². The summed E-state index contributed by atoms with van der Waals surface area (Å²) in [6, 6.07) is 11.9. The zero-order chi connectivity index (χ0) is 20.7. The Bertz CT molecular complexity index is 1030. The molecule has 2 aromatic carbocycles. The average molecular weight is 389 g/mol. The van der Waals surface area contributed by atoms with Gasteiger partial charge in [-0.1, -0.05) is 30.3 Å². The minimum atomic E-state index is -0.215. The predicted octanol–water partition coefficient (Wildman–Crippen LogP) is 4.69. The molecule has 0 unspecified atom stereocenters. The largest absolute Gasteiger partial charge is 0.366 e. The van der Waals surface area contributed by atoms with E-state index in [4.69, 9.17) is 0 Å². The Kier molecular flexibility index (Phi) is 5.03. The molecule has 0 atom stereocenters. The second-order valence-corrected chi connectivity index (χ2v) is 8.31. The van der Waals surface area contributed by atoms with E-state index >= 15 is 0 Å². The molecule has 0 bridgehead atoms. The van der Waals surface area contributed by atoms with Crippen LogP contribution in [0, 0.1) is 27.7 Å². The lowest BCUT2D eigenvalue weighted by atomic mass is 9.98. The Morgan fingerprint density at radius 1 is 0.724 bits per heavy atom. The summed E-state index contributed by atoms with van der Waals surface area (Å²) in [5.74, 6) is -0.411. The highest BCUT2D eigenvalue weighted by Gasteiger charge is 2.43. The van der Waals surface area contributed by atoms with E-state index in [1.165, 1.54) is 16.9 Å². The van der Waals surface area contributed by atoms with Crippen LogP contribution in [0.2, 0.25) is 0 Å². The molecule has 2 heterocycles. The van der Waals surface area contributed by atoms with Crippen molar-refractivity contribution in [3.05, 3.63) is 69.9 Å². The van der Waals surface area contributed by atoms with Crippen LogP contribution in [-0.4, -0.2) is 29.8 Å². The van der Waals surface area contributed by atoms with E-state index in [1.807, 2.05) is 57.2 Å². The molecule has 1 fully saturated rings. The smallest absolute Gasteiger partial charge is 0.282 e. The first-order chi connectivity index (χ1) is 13.9. The Balaban J connectivity index is 1.87. The van der Waals surface area contributed by atoms with Gasteiger partial charge in [0, 0.05) is 13.1 Å². The summed E-state index contributed by atoms with van der Waals surface area (Å²) in [7, 11) is 0. The highest BCUT2D eigenvalue weighted by atomic mass is 16.2. The first-order valence-electron chi connectivity index (χ1n) is 10.4. The summed E-state index contributed by atoms with van der Waals surface area (Å²) in [5, 5.41) is 0. The number of carbonyl (C=O) groups is 2. The van der Waals surface area contributed by atoms with Gasteiger partial charge >= 0.3 is 0 Å². The zero-order valence-electron chi connectivity index (χ0n) is 17.7. The van der Waals surface area contributed by atoms with E-state index in [-0.39, 0.29) is 11.8 Å². The summed E-state index contributed by atoms with van der Waals surface area (Å²) in [5.41, 5.74) is 6.89. The minimum absolute atomic E-state index is 0.196. The molecule has 0 N–H and O–H groups in total. The van der Waals surface area contributed by atoms with E-state index in [1.54, 1.807) is 0 Å². The van der Waals surface area contributed by atoms with E-state index in [0.717, 1.165) is 48.2 Å². The lowest BCUT2D eigenvalue weighted by Crippen LogP contribution is -2.37. The van der Waals surface area contributed by atoms with Crippen LogP contribution in [-0.2, 0) is 9.59 Å². The number of hydrogen-bond acceptors (Lipinski definition) is 3. The summed E-state index contributed by atoms with van der Waals surface area (Å²) in [6.07, 6.45) is 3.27. The Morgan fingerprint density at radius 3 is 2.10 bits per heavy atom. The molecule has 0 aliphatic carbocycles. The van der Waals surface area contributed by atoms with Crippen LogP contribution in [0.1, 0.15) is 47.1 Å². The molecule has 4 rings (SSSR count). The second kappa shape index (κ2) is 7.51. The minimum Gasteiger partial charge on any atom is -0.366 e. The molecule has 2 amide bonds. The lowest BCUT2D eigenvalue weighted by Gasteiger charge is -2.29. The topological polar surface area (TPSA) is 40.6 Å². The zero-order valence-corrected chi connectivity index (χ0v) is 17.7. The van der Waals surface area contributed by atoms with Crippen LogP contribution in [0.3, 0.4) is 0 Å². The van der Waals surface area contributed by atoms with Gasteiger partial charge < -0.3 is 4.90 Å². The number of piperidine rings is 1. The van der Waals surface area contributed by atoms with Gasteiger partial charge in [0.05, 0.1) is 11.3 Å². The van der Waals surface area contributed by atoms with Gasteiger partial charge in [0.25, 0.3) is 11.8 Å². The maximum atomic E-state index is 13.7. The highest BCUT2D eigenvalue weighted by molar-refractivity contribution is 6.45. The number of nitrogens with zero attached hydrogens (tertiary/aromatic N) is 2. The van der Waals surface area contributed by atoms with Gasteiger partial charge in [0.15, 0.2) is 0 Å². The summed E-state index contributed by atoms with van der Waals surface area (Å²) < 4.78 is 0. The van der Waals surface area contributed by atoms with E-state index in [2.05, 4.69) is 11.8 Å². The fraction of sp³-hybridized carbons (Fsp3) is 0.360. The normalized spacial score (nSPS) is 17.5. The van der Waals surface area contributed by atoms with E-state index < -0.39 is 0 Å². The third-order valence-corrected chi connectivity index (χ3v) is 6.13. The third-order valence-electron chi connectivity index (χ3n) is 6.13. The van der Waals surface area contributed by atoms with Gasteiger partial charge in [-0.05, 0) is 80.8 Å². The number of imide groups is 1. The number of rotatable bonds is 3. The Morgan fingerprint density at radius 2 is 1.41 bits per heavy atom. The van der Waals surface area contributed by atoms with Crippen LogP contribution in [0.25, 0.3) is 5.57 Å². The molecular formula is C25H28N2O2. The van der Waals surface area contributed by atoms with Gasteiger partial charge in [-0.3, -0.25) is 9.59 Å². The number of likely N-dealkylation sites (tertiary alicyclic amines) is 1. The summed E-state index contributed by atoms with van der Waals surface area (Å²) in [4.78, 5) is 30.8. The van der Waals surface area contributed by atoms with Crippen LogP contribution in [0.5, 0.6) is 0 Å². The van der Waals surface area contributed by atoms with Gasteiger partial charge in [-0.15, -0.1) is 0 Å². The molecular weight excluding hydrogens is 360 g/mol. The molecule has 1 saturated heterocycles. The summed E-state index contributed by atoms with van der Waals surface area (Å²) >= 11 is 0. The van der Waals surface area contributed by atoms with E-state index in [9.17, 15) is 9.59 Å². The fourth-order valence-corrected chi connectivity index (χ4v) is 4.27. The summed E-state index contributed by atoms with van der Waals surface area (Å²) in [6.45, 7) is 9.68. The predicted molar refractivity (Wildman–Crippen MR) is 117 cm³/mol. The molecule has 0 saturated carbocycles. The van der Waals surface area contributed by atoms with Crippen molar-refractivity contribution in [2.75, 3.05) is 18.0 Å². The van der Waals surface area contributed by atoms with Crippen LogP contribution in [0.15, 0.2) is 42.1 Å². The molecule has 0 aromatic heterocycles. The molecule has 4 nitrogen and oxygen atoms in total. The highest BCUT2D eigenvalue weighted by Crippen LogP contribution is 2.37. The number of benzene rings is 2. The van der Waals surface area contributed by atoms with Crippen molar-refractivity contribution in [3.63, 3.8) is 0 Å². The number of amides is 2. The maximum absolute atomic E-state index is 13.7. The van der Waals surface area contributed by atoms with Gasteiger partial charge in [-0.25, -0.2) is 4.90 Å². The van der Waals surface area contributed by atoms with Crippen molar-refractivity contribution < 1.29 is 9.59 Å². The molecule has 2 aromatic rings. The Labute approximate surface area is 172 Å². The Hall–Kier alpha value is -2.88. The number of carbonyl (C=O) groups excluding carboxylic acids is 2. The second-order valence-electron chi connectivity index (χ2n) is 8.31. The molecule has 4 heteroatoms. The fourth-order valence-electron chi connectivity index (χ4n) is 4.27. The molecule has 2 aliphatic heterocycles. The maximum Gasteiger partial charge on any atom is 0.282 e. The van der Waals surface area contributed by atoms with Gasteiger partial charge in [0.1, 0.15) is 5.70 Å². The van der Waals surface area contributed by atoms with Gasteiger partial charge in [-0.2, -0.15) is 0 Å². The van der Waals surface area contributed by atoms with Crippen molar-refractivity contribution in [1.82, 2.24) is 4.90 Å². The van der Waals surface area contributed by atoms with Gasteiger partial charge in [0.2, 0.25) is 0 Å². The van der Waals surface area contributed by atoms with Crippen molar-refractivity contribution in [2.24, 2.45) is 0 Å². The number of anilines is 1. The molecule has 0 radical (unpaired) electrons. The monoisotopic (exact) mass is 388 g/mol. The van der Waals surface area contributed by atoms with E-state index in [0.29, 0.717) is 17.0 Å². The van der Waals surface area contributed by atoms with Crippen LogP contribution in [0.4, 0.5) is 5.69 Å². The van der Waals surface area contributed by atoms with Crippen molar-refractivity contribution in [3.8, 4) is 0 Å². The molecule has 0 spiro atoms. The average Bonchev–Trinajstić information content (AvgIpc) is 2.97. The standard InChI is InChI=1S/C25H28N2O2/c1-16-8-9-18(3)21(14-16)27-24(28)22(20-11-10-17(2)19(4)15-20)23(25(27)29)26-12-6-5-7-13-26/h8-11,14-15H,5-7,12-13H2,1-4H3. The van der Waals surface area contributed by atoms with Crippen molar-refractivity contribution >= 4 is 23.1 Å². The van der Waals surface area contributed by atoms with Crippen LogP contribution < -0.4 is 4.90 Å². The third kappa shape index (κ3) is 3.37. The molecule has 2 aliphatic rings. The lowest BCUT2D eigenvalue weighted by molar-refractivity contribution is -0.120.